The quantitative estimate of drug-likeness (QED) is 0.562. The molecule has 0 saturated heterocycles. The third-order valence-corrected chi connectivity index (χ3v) is 4.85. The molecule has 0 aromatic rings. The molecule has 0 N–H and O–H groups in total. The molecule has 0 bridgehead atoms. The maximum atomic E-state index is 11.5. The SMILES string of the molecule is CC(C)[Si](=O)C1CCCC1. The second-order valence-corrected chi connectivity index (χ2v) is 6.31. The van der Waals surface area contributed by atoms with Crippen molar-refractivity contribution in [3.8, 4) is 0 Å². The number of hydrogen-bond donors (Lipinski definition) is 0. The second kappa shape index (κ2) is 3.42. The Labute approximate surface area is 64.5 Å². The molecule has 1 rings (SSSR count). The van der Waals surface area contributed by atoms with Gasteiger partial charge in [-0.05, 0) is 18.4 Å². The normalized spacial score (nSPS) is 20.3. The van der Waals surface area contributed by atoms with E-state index in [2.05, 4.69) is 13.8 Å². The van der Waals surface area contributed by atoms with Crippen LogP contribution in [0.4, 0.5) is 0 Å². The van der Waals surface area contributed by atoms with Crippen LogP contribution >= 0.6 is 0 Å². The lowest BCUT2D eigenvalue weighted by Gasteiger charge is -2.07. The summed E-state index contributed by atoms with van der Waals surface area (Å²) in [5.41, 5.74) is 1.04. The van der Waals surface area contributed by atoms with Crippen molar-refractivity contribution in [3.63, 3.8) is 0 Å². The van der Waals surface area contributed by atoms with E-state index in [-0.39, 0.29) is 0 Å². The van der Waals surface area contributed by atoms with Gasteiger partial charge in [-0.15, -0.1) is 0 Å². The zero-order valence-electron chi connectivity index (χ0n) is 6.89. The largest absolute Gasteiger partial charge is 0.388 e. The fourth-order valence-corrected chi connectivity index (χ4v) is 3.60. The van der Waals surface area contributed by atoms with E-state index in [0.717, 1.165) is 0 Å². The Bertz CT molecular complexity index is 125. The van der Waals surface area contributed by atoms with Gasteiger partial charge in [0.2, 0.25) is 0 Å². The van der Waals surface area contributed by atoms with Gasteiger partial charge in [0.15, 0.2) is 0 Å². The predicted molar refractivity (Wildman–Crippen MR) is 43.8 cm³/mol. The van der Waals surface area contributed by atoms with Crippen LogP contribution in [0.3, 0.4) is 0 Å². The van der Waals surface area contributed by atoms with Gasteiger partial charge < -0.3 is 4.46 Å². The summed E-state index contributed by atoms with van der Waals surface area (Å²) in [4.78, 5) is 0. The molecular formula is C8H16OSi. The zero-order valence-corrected chi connectivity index (χ0v) is 7.89. The topological polar surface area (TPSA) is 17.1 Å². The Morgan fingerprint density at radius 3 is 2.20 bits per heavy atom. The van der Waals surface area contributed by atoms with E-state index in [1.807, 2.05) is 0 Å². The van der Waals surface area contributed by atoms with Gasteiger partial charge in [-0.3, -0.25) is 0 Å². The first-order valence-corrected chi connectivity index (χ1v) is 5.82. The maximum Gasteiger partial charge on any atom is 0.282 e. The number of hydrogen-bond acceptors (Lipinski definition) is 1. The molecule has 0 spiro atoms. The van der Waals surface area contributed by atoms with Crippen molar-refractivity contribution in [2.45, 2.75) is 50.6 Å². The summed E-state index contributed by atoms with van der Waals surface area (Å²) >= 11 is 0. The zero-order chi connectivity index (χ0) is 7.56. The van der Waals surface area contributed by atoms with E-state index >= 15 is 0 Å². The van der Waals surface area contributed by atoms with Gasteiger partial charge in [0.25, 0.3) is 8.68 Å². The van der Waals surface area contributed by atoms with E-state index < -0.39 is 8.68 Å². The van der Waals surface area contributed by atoms with Crippen molar-refractivity contribution < 1.29 is 4.46 Å². The van der Waals surface area contributed by atoms with Crippen LogP contribution in [0, 0.1) is 0 Å². The van der Waals surface area contributed by atoms with Crippen LogP contribution in [-0.2, 0) is 4.46 Å². The van der Waals surface area contributed by atoms with Gasteiger partial charge in [0, 0.05) is 5.54 Å². The van der Waals surface area contributed by atoms with Crippen LogP contribution < -0.4 is 0 Å². The fraction of sp³-hybridized carbons (Fsp3) is 1.00. The first kappa shape index (κ1) is 8.12. The van der Waals surface area contributed by atoms with E-state index in [0.29, 0.717) is 11.1 Å². The summed E-state index contributed by atoms with van der Waals surface area (Å²) in [6.45, 7) is 4.17. The fourth-order valence-electron chi connectivity index (χ4n) is 1.68. The highest BCUT2D eigenvalue weighted by molar-refractivity contribution is 6.46. The van der Waals surface area contributed by atoms with Crippen LogP contribution in [0.25, 0.3) is 0 Å². The highest BCUT2D eigenvalue weighted by atomic mass is 28.3. The van der Waals surface area contributed by atoms with Crippen molar-refractivity contribution in [1.82, 2.24) is 0 Å². The molecule has 0 aromatic heterocycles. The number of rotatable bonds is 2. The van der Waals surface area contributed by atoms with Crippen molar-refractivity contribution in [3.05, 3.63) is 0 Å². The molecule has 1 aliphatic rings. The highest BCUT2D eigenvalue weighted by Gasteiger charge is 2.26. The van der Waals surface area contributed by atoms with Crippen molar-refractivity contribution in [1.29, 1.82) is 0 Å². The molecule has 1 fully saturated rings. The molecule has 58 valence electrons. The van der Waals surface area contributed by atoms with Crippen molar-refractivity contribution in [2.75, 3.05) is 0 Å². The molecule has 0 aromatic carbocycles. The van der Waals surface area contributed by atoms with Crippen LogP contribution in [0.1, 0.15) is 39.5 Å². The lowest BCUT2D eigenvalue weighted by Crippen LogP contribution is -2.10. The van der Waals surface area contributed by atoms with E-state index in [1.165, 1.54) is 25.7 Å². The van der Waals surface area contributed by atoms with Crippen LogP contribution in [-0.4, -0.2) is 8.68 Å². The molecule has 0 unspecified atom stereocenters. The van der Waals surface area contributed by atoms with Crippen molar-refractivity contribution in [2.24, 2.45) is 0 Å². The summed E-state index contributed by atoms with van der Waals surface area (Å²) in [7, 11) is -1.23. The first-order chi connectivity index (χ1) is 4.72. The summed E-state index contributed by atoms with van der Waals surface area (Å²) in [6, 6.07) is 0. The second-order valence-electron chi connectivity index (χ2n) is 3.54. The molecule has 10 heavy (non-hydrogen) atoms. The van der Waals surface area contributed by atoms with Gasteiger partial charge >= 0.3 is 0 Å². The first-order valence-electron chi connectivity index (χ1n) is 4.25. The highest BCUT2D eigenvalue weighted by Crippen LogP contribution is 2.33. The molecule has 2 heteroatoms. The van der Waals surface area contributed by atoms with Gasteiger partial charge in [-0.2, -0.15) is 0 Å². The molecule has 0 radical (unpaired) electrons. The molecular weight excluding hydrogens is 140 g/mol. The van der Waals surface area contributed by atoms with Crippen LogP contribution in [0.5, 0.6) is 0 Å². The van der Waals surface area contributed by atoms with Crippen LogP contribution in [0.15, 0.2) is 0 Å². The smallest absolute Gasteiger partial charge is 0.282 e. The molecule has 0 heterocycles. The Kier molecular flexibility index (Phi) is 2.78. The van der Waals surface area contributed by atoms with Gasteiger partial charge in [0.1, 0.15) is 0 Å². The molecule has 1 nitrogen and oxygen atoms in total. The predicted octanol–water partition coefficient (Wildman–Crippen LogP) is 2.76. The van der Waals surface area contributed by atoms with Gasteiger partial charge in [-0.1, -0.05) is 26.7 Å². The molecule has 0 aliphatic heterocycles. The van der Waals surface area contributed by atoms with Gasteiger partial charge in [-0.25, -0.2) is 0 Å². The third kappa shape index (κ3) is 1.75. The van der Waals surface area contributed by atoms with E-state index in [4.69, 9.17) is 0 Å². The van der Waals surface area contributed by atoms with E-state index in [9.17, 15) is 4.46 Å². The Hall–Kier alpha value is 0.0169. The minimum Gasteiger partial charge on any atom is -0.388 e. The lowest BCUT2D eigenvalue weighted by molar-refractivity contribution is 0.534. The van der Waals surface area contributed by atoms with Crippen molar-refractivity contribution >= 4 is 8.68 Å². The minimum absolute atomic E-state index is 0.438. The van der Waals surface area contributed by atoms with Gasteiger partial charge in [0.05, 0.1) is 0 Å². The molecule has 0 atom stereocenters. The standard InChI is InChI=1S/C8H16OSi/c1-7(2)10(9)8-5-3-4-6-8/h7-8H,3-6H2,1-2H3. The maximum absolute atomic E-state index is 11.5. The average Bonchev–Trinajstić information content (AvgIpc) is 2.36. The summed E-state index contributed by atoms with van der Waals surface area (Å²) in [5.74, 6) is 0. The summed E-state index contributed by atoms with van der Waals surface area (Å²) in [5, 5.41) is 0. The minimum atomic E-state index is -1.23. The Morgan fingerprint density at radius 1 is 1.30 bits per heavy atom. The molecule has 1 saturated carbocycles. The Balaban J connectivity index is 2.40. The lowest BCUT2D eigenvalue weighted by atomic mass is 10.4. The Morgan fingerprint density at radius 2 is 1.80 bits per heavy atom. The summed E-state index contributed by atoms with van der Waals surface area (Å²) in [6.07, 6.45) is 5.09. The summed E-state index contributed by atoms with van der Waals surface area (Å²) < 4.78 is 11.5. The monoisotopic (exact) mass is 156 g/mol. The molecule has 0 amide bonds. The average molecular weight is 156 g/mol. The molecule has 1 aliphatic carbocycles. The van der Waals surface area contributed by atoms with Crippen LogP contribution in [0.2, 0.25) is 11.1 Å². The third-order valence-electron chi connectivity index (χ3n) is 2.33. The van der Waals surface area contributed by atoms with E-state index in [1.54, 1.807) is 0 Å².